The van der Waals surface area contributed by atoms with Crippen molar-refractivity contribution in [1.29, 1.82) is 0 Å². The van der Waals surface area contributed by atoms with Gasteiger partial charge in [-0.05, 0) is 42.9 Å². The molecular formula is C13H16O. The Morgan fingerprint density at radius 3 is 3.00 bits per heavy atom. The maximum Gasteiger partial charge on any atom is 0.119 e. The van der Waals surface area contributed by atoms with E-state index in [-0.39, 0.29) is 0 Å². The van der Waals surface area contributed by atoms with Crippen LogP contribution in [0.4, 0.5) is 0 Å². The van der Waals surface area contributed by atoms with Crippen LogP contribution in [0, 0.1) is 0 Å². The smallest absolute Gasteiger partial charge is 0.119 e. The monoisotopic (exact) mass is 188 g/mol. The predicted molar refractivity (Wildman–Crippen MR) is 58.7 cm³/mol. The first kappa shape index (κ1) is 9.32. The molecule has 1 aromatic carbocycles. The molecule has 0 N–H and O–H groups in total. The van der Waals surface area contributed by atoms with Gasteiger partial charge in [0.2, 0.25) is 0 Å². The molecule has 0 atom stereocenters. The van der Waals surface area contributed by atoms with Crippen molar-refractivity contribution in [2.75, 3.05) is 6.61 Å². The summed E-state index contributed by atoms with van der Waals surface area (Å²) in [5, 5.41) is 0. The van der Waals surface area contributed by atoms with Crippen LogP contribution in [0.1, 0.15) is 30.7 Å². The molecule has 2 rings (SSSR count). The quantitative estimate of drug-likeness (QED) is 0.507. The van der Waals surface area contributed by atoms with Crippen molar-refractivity contribution in [3.63, 3.8) is 0 Å². The zero-order valence-electron chi connectivity index (χ0n) is 8.41. The second-order valence-corrected chi connectivity index (χ2v) is 3.77. The lowest BCUT2D eigenvalue weighted by Gasteiger charge is -2.06. The average molecular weight is 188 g/mol. The third kappa shape index (κ3) is 2.38. The molecule has 0 heterocycles. The molecule has 1 aliphatic rings. The van der Waals surface area contributed by atoms with Gasteiger partial charge in [-0.3, -0.25) is 0 Å². The van der Waals surface area contributed by atoms with Crippen LogP contribution >= 0.6 is 0 Å². The fourth-order valence-corrected chi connectivity index (χ4v) is 1.54. The Kier molecular flexibility index (Phi) is 2.87. The molecule has 0 saturated heterocycles. The molecule has 1 nitrogen and oxygen atoms in total. The molecule has 0 aliphatic heterocycles. The summed E-state index contributed by atoms with van der Waals surface area (Å²) in [6.45, 7) is 4.40. The van der Waals surface area contributed by atoms with E-state index < -0.39 is 0 Å². The van der Waals surface area contributed by atoms with Crippen LogP contribution in [0.2, 0.25) is 0 Å². The minimum Gasteiger partial charge on any atom is -0.493 e. The van der Waals surface area contributed by atoms with Gasteiger partial charge in [-0.25, -0.2) is 0 Å². The van der Waals surface area contributed by atoms with Gasteiger partial charge in [0.15, 0.2) is 0 Å². The summed E-state index contributed by atoms with van der Waals surface area (Å²) in [5.41, 5.74) is 1.43. The van der Waals surface area contributed by atoms with E-state index in [1.165, 1.54) is 18.4 Å². The van der Waals surface area contributed by atoms with Crippen molar-refractivity contribution in [3.8, 4) is 5.75 Å². The van der Waals surface area contributed by atoms with Gasteiger partial charge in [0.05, 0.1) is 6.61 Å². The van der Waals surface area contributed by atoms with Crippen molar-refractivity contribution in [3.05, 3.63) is 42.5 Å². The maximum atomic E-state index is 5.59. The van der Waals surface area contributed by atoms with Gasteiger partial charge in [0.1, 0.15) is 5.75 Å². The van der Waals surface area contributed by atoms with E-state index in [2.05, 4.69) is 24.8 Å². The second-order valence-electron chi connectivity index (χ2n) is 3.77. The van der Waals surface area contributed by atoms with E-state index in [0.717, 1.165) is 24.7 Å². The Morgan fingerprint density at radius 2 is 2.29 bits per heavy atom. The highest BCUT2D eigenvalue weighted by molar-refractivity contribution is 5.32. The van der Waals surface area contributed by atoms with Crippen molar-refractivity contribution < 1.29 is 4.74 Å². The van der Waals surface area contributed by atoms with Crippen LogP contribution in [0.5, 0.6) is 5.75 Å². The molecule has 1 saturated carbocycles. The molecule has 0 spiro atoms. The first-order chi connectivity index (χ1) is 6.90. The highest BCUT2D eigenvalue weighted by Gasteiger charge is 2.23. The van der Waals surface area contributed by atoms with E-state index in [9.17, 15) is 0 Å². The second kappa shape index (κ2) is 4.32. The van der Waals surface area contributed by atoms with E-state index >= 15 is 0 Å². The normalized spacial score (nSPS) is 15.1. The molecule has 0 bridgehead atoms. The lowest BCUT2D eigenvalue weighted by Crippen LogP contribution is -1.95. The molecule has 1 aromatic rings. The summed E-state index contributed by atoms with van der Waals surface area (Å²) in [6.07, 6.45) is 5.48. The number of benzene rings is 1. The van der Waals surface area contributed by atoms with Gasteiger partial charge < -0.3 is 4.74 Å². The van der Waals surface area contributed by atoms with Crippen molar-refractivity contribution >= 4 is 0 Å². The van der Waals surface area contributed by atoms with Gasteiger partial charge in [-0.15, -0.1) is 6.58 Å². The van der Waals surface area contributed by atoms with E-state index in [0.29, 0.717) is 0 Å². The Hall–Kier alpha value is -1.24. The van der Waals surface area contributed by atoms with Crippen molar-refractivity contribution in [2.45, 2.75) is 25.2 Å². The Morgan fingerprint density at radius 1 is 1.43 bits per heavy atom. The lowest BCUT2D eigenvalue weighted by molar-refractivity contribution is 0.324. The minimum absolute atomic E-state index is 0.734. The average Bonchev–Trinajstić information content (AvgIpc) is 3.02. The number of ether oxygens (including phenoxy) is 1. The van der Waals surface area contributed by atoms with Crippen LogP contribution in [0.3, 0.4) is 0 Å². The molecule has 1 fully saturated rings. The van der Waals surface area contributed by atoms with Crippen LogP contribution in [0.15, 0.2) is 36.9 Å². The Balaban J connectivity index is 1.95. The summed E-state index contributed by atoms with van der Waals surface area (Å²) in [5.74, 6) is 1.80. The summed E-state index contributed by atoms with van der Waals surface area (Å²) in [7, 11) is 0. The van der Waals surface area contributed by atoms with Gasteiger partial charge in [0, 0.05) is 0 Å². The van der Waals surface area contributed by atoms with Crippen LogP contribution in [-0.4, -0.2) is 6.61 Å². The standard InChI is InChI=1S/C13H16O/c1-2-3-9-14-13-6-4-5-12(10-13)11-7-8-11/h2,4-6,10-11H,1,3,7-9H2. The number of hydrogen-bond acceptors (Lipinski definition) is 1. The summed E-state index contributed by atoms with van der Waals surface area (Å²) in [6, 6.07) is 8.46. The minimum atomic E-state index is 0.734. The third-order valence-corrected chi connectivity index (χ3v) is 2.50. The fraction of sp³-hybridized carbons (Fsp3) is 0.385. The summed E-state index contributed by atoms with van der Waals surface area (Å²) < 4.78 is 5.59. The summed E-state index contributed by atoms with van der Waals surface area (Å²) >= 11 is 0. The third-order valence-electron chi connectivity index (χ3n) is 2.50. The van der Waals surface area contributed by atoms with Crippen molar-refractivity contribution in [1.82, 2.24) is 0 Å². The Labute approximate surface area is 85.4 Å². The molecule has 1 aliphatic carbocycles. The molecule has 0 radical (unpaired) electrons. The first-order valence-corrected chi connectivity index (χ1v) is 5.24. The predicted octanol–water partition coefficient (Wildman–Crippen LogP) is 3.52. The molecule has 14 heavy (non-hydrogen) atoms. The first-order valence-electron chi connectivity index (χ1n) is 5.24. The van der Waals surface area contributed by atoms with E-state index in [1.54, 1.807) is 0 Å². The molecule has 1 heteroatoms. The molecule has 0 unspecified atom stereocenters. The van der Waals surface area contributed by atoms with Gasteiger partial charge in [-0.2, -0.15) is 0 Å². The summed E-state index contributed by atoms with van der Waals surface area (Å²) in [4.78, 5) is 0. The Bertz CT molecular complexity index is 313. The van der Waals surface area contributed by atoms with Crippen LogP contribution in [0.25, 0.3) is 0 Å². The number of rotatable bonds is 5. The van der Waals surface area contributed by atoms with Crippen LogP contribution < -0.4 is 4.74 Å². The lowest BCUT2D eigenvalue weighted by atomic mass is 10.1. The highest BCUT2D eigenvalue weighted by Crippen LogP contribution is 2.40. The van der Waals surface area contributed by atoms with E-state index in [1.807, 2.05) is 12.1 Å². The highest BCUT2D eigenvalue weighted by atomic mass is 16.5. The van der Waals surface area contributed by atoms with Crippen LogP contribution in [-0.2, 0) is 0 Å². The molecule has 74 valence electrons. The molecule has 0 aromatic heterocycles. The van der Waals surface area contributed by atoms with Crippen molar-refractivity contribution in [2.24, 2.45) is 0 Å². The molecule has 0 amide bonds. The van der Waals surface area contributed by atoms with Gasteiger partial charge >= 0.3 is 0 Å². The zero-order chi connectivity index (χ0) is 9.80. The van der Waals surface area contributed by atoms with Gasteiger partial charge in [-0.1, -0.05) is 18.2 Å². The fourth-order valence-electron chi connectivity index (χ4n) is 1.54. The topological polar surface area (TPSA) is 9.23 Å². The number of hydrogen-bond donors (Lipinski definition) is 0. The SMILES string of the molecule is C=CCCOc1cccc(C2CC2)c1. The largest absolute Gasteiger partial charge is 0.493 e. The van der Waals surface area contributed by atoms with Gasteiger partial charge in [0.25, 0.3) is 0 Å². The maximum absolute atomic E-state index is 5.59. The zero-order valence-corrected chi connectivity index (χ0v) is 8.41. The van der Waals surface area contributed by atoms with E-state index in [4.69, 9.17) is 4.74 Å². The molecular weight excluding hydrogens is 172 g/mol.